The van der Waals surface area contributed by atoms with Crippen molar-refractivity contribution in [2.75, 3.05) is 13.2 Å². The van der Waals surface area contributed by atoms with Crippen molar-refractivity contribution in [3.8, 4) is 0 Å². The van der Waals surface area contributed by atoms with E-state index in [2.05, 4.69) is 0 Å². The molecule has 0 saturated carbocycles. The normalized spacial score (nSPS) is 11.9. The van der Waals surface area contributed by atoms with Crippen molar-refractivity contribution in [1.29, 1.82) is 0 Å². The summed E-state index contributed by atoms with van der Waals surface area (Å²) in [5.41, 5.74) is 0. The van der Waals surface area contributed by atoms with Crippen LogP contribution in [0.4, 0.5) is 13.2 Å². The molecular formula is C10H18F3NO2. The van der Waals surface area contributed by atoms with E-state index in [-0.39, 0.29) is 19.2 Å². The van der Waals surface area contributed by atoms with Crippen molar-refractivity contribution in [1.82, 2.24) is 4.90 Å². The minimum absolute atomic E-state index is 0.0404. The van der Waals surface area contributed by atoms with Crippen LogP contribution in [0.25, 0.3) is 0 Å². The van der Waals surface area contributed by atoms with Crippen LogP contribution < -0.4 is 0 Å². The van der Waals surface area contributed by atoms with Crippen molar-refractivity contribution >= 4 is 5.91 Å². The fourth-order valence-electron chi connectivity index (χ4n) is 1.62. The summed E-state index contributed by atoms with van der Waals surface area (Å²) in [5, 5.41) is 8.75. The average molecular weight is 241 g/mol. The molecule has 0 heterocycles. The molecule has 0 saturated heterocycles. The molecule has 1 amide bonds. The lowest BCUT2D eigenvalue weighted by Crippen LogP contribution is -2.43. The van der Waals surface area contributed by atoms with Crippen LogP contribution >= 0.6 is 0 Å². The zero-order valence-corrected chi connectivity index (χ0v) is 9.55. The lowest BCUT2D eigenvalue weighted by Gasteiger charge is -2.30. The largest absolute Gasteiger partial charge is 0.397 e. The van der Waals surface area contributed by atoms with Gasteiger partial charge in [0.1, 0.15) is 6.42 Å². The Hall–Kier alpha value is -0.780. The highest BCUT2D eigenvalue weighted by Crippen LogP contribution is 2.22. The predicted molar refractivity (Wildman–Crippen MR) is 53.8 cm³/mol. The summed E-state index contributed by atoms with van der Waals surface area (Å²) in [6.45, 7) is 3.25. The van der Waals surface area contributed by atoms with Gasteiger partial charge in [-0.3, -0.25) is 4.79 Å². The van der Waals surface area contributed by atoms with Crippen LogP contribution in [0, 0.1) is 0 Å². The molecule has 0 aromatic heterocycles. The quantitative estimate of drug-likeness (QED) is 0.772. The summed E-state index contributed by atoms with van der Waals surface area (Å²) < 4.78 is 36.2. The Balaban J connectivity index is 4.57. The molecule has 0 atom stereocenters. The van der Waals surface area contributed by atoms with Crippen LogP contribution in [-0.4, -0.2) is 41.3 Å². The summed E-state index contributed by atoms with van der Waals surface area (Å²) in [6, 6.07) is -0.234. The first kappa shape index (κ1) is 15.2. The smallest absolute Gasteiger partial charge is 0.395 e. The van der Waals surface area contributed by atoms with E-state index in [1.807, 2.05) is 0 Å². The third kappa shape index (κ3) is 5.34. The fourth-order valence-corrected chi connectivity index (χ4v) is 1.62. The van der Waals surface area contributed by atoms with E-state index in [0.29, 0.717) is 12.8 Å². The van der Waals surface area contributed by atoms with Crippen LogP contribution in [0.1, 0.15) is 33.1 Å². The Morgan fingerprint density at radius 1 is 1.31 bits per heavy atom. The van der Waals surface area contributed by atoms with E-state index in [1.165, 1.54) is 0 Å². The summed E-state index contributed by atoms with van der Waals surface area (Å²) in [7, 11) is 0. The minimum Gasteiger partial charge on any atom is -0.395 e. The zero-order valence-electron chi connectivity index (χ0n) is 9.55. The van der Waals surface area contributed by atoms with Gasteiger partial charge in [0, 0.05) is 12.6 Å². The van der Waals surface area contributed by atoms with Crippen LogP contribution in [0.2, 0.25) is 0 Å². The summed E-state index contributed by atoms with van der Waals surface area (Å²) in [6.07, 6.45) is -4.78. The first-order valence-corrected chi connectivity index (χ1v) is 5.32. The average Bonchev–Trinajstić information content (AvgIpc) is 2.15. The maximum absolute atomic E-state index is 12.1. The van der Waals surface area contributed by atoms with Gasteiger partial charge in [-0.25, -0.2) is 0 Å². The maximum atomic E-state index is 12.1. The van der Waals surface area contributed by atoms with Crippen molar-refractivity contribution in [2.24, 2.45) is 0 Å². The van der Waals surface area contributed by atoms with Gasteiger partial charge in [-0.2, -0.15) is 13.2 Å². The standard InChI is InChI=1S/C10H18F3NO2/c1-3-8(4-2)14(5-6-15)9(16)7-10(11,12)13/h8,15H,3-7H2,1-2H3. The van der Waals surface area contributed by atoms with Crippen LogP contribution in [0.15, 0.2) is 0 Å². The number of carbonyl (C=O) groups excluding carboxylic acids is 1. The SMILES string of the molecule is CCC(CC)N(CCO)C(=O)CC(F)(F)F. The topological polar surface area (TPSA) is 40.5 Å². The molecule has 0 fully saturated rings. The highest BCUT2D eigenvalue weighted by Gasteiger charge is 2.34. The van der Waals surface area contributed by atoms with Gasteiger partial charge in [-0.05, 0) is 12.8 Å². The second-order valence-corrected chi connectivity index (χ2v) is 3.57. The van der Waals surface area contributed by atoms with Crippen LogP contribution in [-0.2, 0) is 4.79 Å². The minimum atomic E-state index is -4.49. The molecule has 16 heavy (non-hydrogen) atoms. The van der Waals surface area contributed by atoms with Crippen LogP contribution in [0.3, 0.4) is 0 Å². The van der Waals surface area contributed by atoms with Crippen molar-refractivity contribution in [3.63, 3.8) is 0 Å². The molecule has 0 bridgehead atoms. The van der Waals surface area contributed by atoms with Gasteiger partial charge in [0.05, 0.1) is 6.61 Å². The monoisotopic (exact) mass is 241 g/mol. The molecule has 96 valence electrons. The lowest BCUT2D eigenvalue weighted by atomic mass is 10.1. The van der Waals surface area contributed by atoms with Gasteiger partial charge >= 0.3 is 6.18 Å². The highest BCUT2D eigenvalue weighted by molar-refractivity contribution is 5.77. The van der Waals surface area contributed by atoms with Gasteiger partial charge < -0.3 is 10.0 Å². The number of halogens is 3. The molecule has 0 aliphatic heterocycles. The van der Waals surface area contributed by atoms with Crippen molar-refractivity contribution < 1.29 is 23.1 Å². The summed E-state index contributed by atoms with van der Waals surface area (Å²) >= 11 is 0. The lowest BCUT2D eigenvalue weighted by molar-refractivity contribution is -0.163. The number of aliphatic hydroxyl groups is 1. The fraction of sp³-hybridized carbons (Fsp3) is 0.900. The molecule has 0 aliphatic carbocycles. The number of rotatable bonds is 6. The molecule has 1 N–H and O–H groups in total. The zero-order chi connectivity index (χ0) is 12.8. The van der Waals surface area contributed by atoms with Crippen LogP contribution in [0.5, 0.6) is 0 Å². The maximum Gasteiger partial charge on any atom is 0.397 e. The Labute approximate surface area is 93.2 Å². The number of aliphatic hydroxyl groups excluding tert-OH is 1. The Morgan fingerprint density at radius 2 is 1.81 bits per heavy atom. The van der Waals surface area contributed by atoms with Crippen molar-refractivity contribution in [3.05, 3.63) is 0 Å². The van der Waals surface area contributed by atoms with E-state index in [1.54, 1.807) is 13.8 Å². The van der Waals surface area contributed by atoms with E-state index >= 15 is 0 Å². The number of alkyl halides is 3. The second-order valence-electron chi connectivity index (χ2n) is 3.57. The molecule has 0 aromatic carbocycles. The Kier molecular flexibility index (Phi) is 6.40. The highest BCUT2D eigenvalue weighted by atomic mass is 19.4. The van der Waals surface area contributed by atoms with E-state index in [9.17, 15) is 18.0 Å². The molecule has 0 spiro atoms. The number of carbonyl (C=O) groups is 1. The van der Waals surface area contributed by atoms with Gasteiger partial charge in [0.15, 0.2) is 0 Å². The Morgan fingerprint density at radius 3 is 2.12 bits per heavy atom. The van der Waals surface area contributed by atoms with E-state index < -0.39 is 18.5 Å². The van der Waals surface area contributed by atoms with Gasteiger partial charge in [-0.1, -0.05) is 13.8 Å². The molecule has 6 heteroatoms. The summed E-state index contributed by atoms with van der Waals surface area (Å²) in [4.78, 5) is 12.5. The third-order valence-electron chi connectivity index (χ3n) is 2.40. The predicted octanol–water partition coefficient (Wildman–Crippen LogP) is 1.95. The molecule has 0 radical (unpaired) electrons. The molecule has 0 aliphatic rings. The van der Waals surface area contributed by atoms with Gasteiger partial charge in [-0.15, -0.1) is 0 Å². The first-order chi connectivity index (χ1) is 7.35. The molecule has 0 rings (SSSR count). The number of nitrogens with zero attached hydrogens (tertiary/aromatic N) is 1. The van der Waals surface area contributed by atoms with Gasteiger partial charge in [0.25, 0.3) is 0 Å². The molecular weight excluding hydrogens is 223 g/mol. The number of hydrogen-bond donors (Lipinski definition) is 1. The second kappa shape index (κ2) is 6.73. The Bertz CT molecular complexity index is 215. The van der Waals surface area contributed by atoms with E-state index in [0.717, 1.165) is 4.90 Å². The first-order valence-electron chi connectivity index (χ1n) is 5.32. The molecule has 3 nitrogen and oxygen atoms in total. The van der Waals surface area contributed by atoms with Crippen molar-refractivity contribution in [2.45, 2.75) is 45.3 Å². The third-order valence-corrected chi connectivity index (χ3v) is 2.40. The number of amides is 1. The number of hydrogen-bond acceptors (Lipinski definition) is 2. The molecule has 0 aromatic rings. The molecule has 0 unspecified atom stereocenters. The van der Waals surface area contributed by atoms with Gasteiger partial charge in [0.2, 0.25) is 5.91 Å². The summed E-state index contributed by atoms with van der Waals surface area (Å²) in [5.74, 6) is -0.963. The van der Waals surface area contributed by atoms with E-state index in [4.69, 9.17) is 5.11 Å².